The second-order valence-electron chi connectivity index (χ2n) is 7.59. The van der Waals surface area contributed by atoms with Gasteiger partial charge in [-0.05, 0) is 24.3 Å². The van der Waals surface area contributed by atoms with Crippen LogP contribution in [0.1, 0.15) is 44.1 Å². The third-order valence-electron chi connectivity index (χ3n) is 5.46. The van der Waals surface area contributed by atoms with Crippen LogP contribution in [0.4, 0.5) is 0 Å². The molecule has 1 fully saturated rings. The van der Waals surface area contributed by atoms with Gasteiger partial charge in [0, 0.05) is 29.5 Å². The minimum absolute atomic E-state index is 0.184. The molecule has 0 spiro atoms. The van der Waals surface area contributed by atoms with Gasteiger partial charge in [0.25, 0.3) is 0 Å². The van der Waals surface area contributed by atoms with E-state index in [4.69, 9.17) is 4.98 Å². The van der Waals surface area contributed by atoms with E-state index in [0.29, 0.717) is 18.9 Å². The Morgan fingerprint density at radius 2 is 1.71 bits per heavy atom. The van der Waals surface area contributed by atoms with Crippen LogP contribution in [0.25, 0.3) is 21.8 Å². The topological polar surface area (TPSA) is 42.0 Å². The SMILES string of the molecule is O=C(CC1CCCCC1)NCc1ccc(-c2nc(-c3ccccc3)cs2)cc1. The predicted octanol–water partition coefficient (Wildman–Crippen LogP) is 6.06. The number of carbonyl (C=O) groups excluding carboxylic acids is 1. The number of hydrogen-bond acceptors (Lipinski definition) is 3. The molecule has 1 N–H and O–H groups in total. The molecule has 3 aromatic rings. The zero-order valence-electron chi connectivity index (χ0n) is 16.1. The van der Waals surface area contributed by atoms with Crippen LogP contribution in [0, 0.1) is 5.92 Å². The standard InChI is InChI=1S/C24H26N2OS/c27-23(15-18-7-3-1-4-8-18)25-16-19-11-13-21(14-12-19)24-26-22(17-28-24)20-9-5-2-6-10-20/h2,5-6,9-14,17-18H,1,3-4,7-8,15-16H2,(H,25,27). The van der Waals surface area contributed by atoms with Crippen LogP contribution in [0.15, 0.2) is 60.0 Å². The number of aromatic nitrogens is 1. The zero-order chi connectivity index (χ0) is 19.2. The molecule has 144 valence electrons. The average Bonchev–Trinajstić information content (AvgIpc) is 3.24. The molecule has 1 aliphatic rings. The Labute approximate surface area is 170 Å². The van der Waals surface area contributed by atoms with E-state index >= 15 is 0 Å². The smallest absolute Gasteiger partial charge is 0.220 e. The number of thiazole rings is 1. The Hall–Kier alpha value is -2.46. The van der Waals surface area contributed by atoms with Crippen molar-refractivity contribution in [3.63, 3.8) is 0 Å². The van der Waals surface area contributed by atoms with E-state index in [-0.39, 0.29) is 5.91 Å². The van der Waals surface area contributed by atoms with Crippen LogP contribution in [-0.2, 0) is 11.3 Å². The Kier molecular flexibility index (Phi) is 6.17. The Morgan fingerprint density at radius 1 is 0.964 bits per heavy atom. The Bertz CT molecular complexity index is 896. The molecule has 0 radical (unpaired) electrons. The van der Waals surface area contributed by atoms with Gasteiger partial charge in [-0.3, -0.25) is 4.79 Å². The molecular weight excluding hydrogens is 364 g/mol. The van der Waals surface area contributed by atoms with Gasteiger partial charge in [0.05, 0.1) is 5.69 Å². The van der Waals surface area contributed by atoms with Crippen molar-refractivity contribution in [1.29, 1.82) is 0 Å². The van der Waals surface area contributed by atoms with Crippen molar-refractivity contribution in [2.24, 2.45) is 5.92 Å². The summed E-state index contributed by atoms with van der Waals surface area (Å²) < 4.78 is 0. The van der Waals surface area contributed by atoms with Gasteiger partial charge in [-0.15, -0.1) is 11.3 Å². The quantitative estimate of drug-likeness (QED) is 0.555. The molecule has 2 aromatic carbocycles. The van der Waals surface area contributed by atoms with Crippen LogP contribution in [0.2, 0.25) is 0 Å². The minimum Gasteiger partial charge on any atom is -0.352 e. The van der Waals surface area contributed by atoms with Crippen molar-refractivity contribution in [2.75, 3.05) is 0 Å². The van der Waals surface area contributed by atoms with Crippen molar-refractivity contribution in [2.45, 2.75) is 45.1 Å². The van der Waals surface area contributed by atoms with Gasteiger partial charge >= 0.3 is 0 Å². The molecule has 28 heavy (non-hydrogen) atoms. The molecule has 0 bridgehead atoms. The van der Waals surface area contributed by atoms with Crippen LogP contribution in [0.3, 0.4) is 0 Å². The first kappa shape index (κ1) is 18.9. The van der Waals surface area contributed by atoms with E-state index in [1.807, 2.05) is 18.2 Å². The van der Waals surface area contributed by atoms with Crippen LogP contribution in [0.5, 0.6) is 0 Å². The van der Waals surface area contributed by atoms with Gasteiger partial charge in [-0.25, -0.2) is 4.98 Å². The maximum absolute atomic E-state index is 12.2. The van der Waals surface area contributed by atoms with Crippen molar-refractivity contribution >= 4 is 17.2 Å². The van der Waals surface area contributed by atoms with E-state index in [9.17, 15) is 4.79 Å². The highest BCUT2D eigenvalue weighted by Crippen LogP contribution is 2.29. The van der Waals surface area contributed by atoms with Gasteiger partial charge in [0.15, 0.2) is 0 Å². The monoisotopic (exact) mass is 390 g/mol. The van der Waals surface area contributed by atoms with E-state index in [2.05, 4.69) is 47.1 Å². The minimum atomic E-state index is 0.184. The maximum atomic E-state index is 12.2. The summed E-state index contributed by atoms with van der Waals surface area (Å²) in [4.78, 5) is 17.0. The fourth-order valence-corrected chi connectivity index (χ4v) is 4.67. The van der Waals surface area contributed by atoms with Crippen LogP contribution in [-0.4, -0.2) is 10.9 Å². The molecule has 1 saturated carbocycles. The lowest BCUT2D eigenvalue weighted by molar-refractivity contribution is -0.122. The summed E-state index contributed by atoms with van der Waals surface area (Å²) >= 11 is 1.66. The second kappa shape index (κ2) is 9.16. The summed E-state index contributed by atoms with van der Waals surface area (Å²) in [6, 6.07) is 18.6. The average molecular weight is 391 g/mol. The molecular formula is C24H26N2OS. The van der Waals surface area contributed by atoms with E-state index in [1.54, 1.807) is 11.3 Å². The fourth-order valence-electron chi connectivity index (χ4n) is 3.84. The lowest BCUT2D eigenvalue weighted by Crippen LogP contribution is -2.25. The van der Waals surface area contributed by atoms with Crippen LogP contribution >= 0.6 is 11.3 Å². The van der Waals surface area contributed by atoms with E-state index < -0.39 is 0 Å². The van der Waals surface area contributed by atoms with Crippen molar-refractivity contribution in [3.8, 4) is 21.8 Å². The van der Waals surface area contributed by atoms with Crippen molar-refractivity contribution in [3.05, 3.63) is 65.5 Å². The number of benzene rings is 2. The van der Waals surface area contributed by atoms with Crippen LogP contribution < -0.4 is 5.32 Å². The summed E-state index contributed by atoms with van der Waals surface area (Å²) in [7, 11) is 0. The molecule has 1 amide bonds. The highest BCUT2D eigenvalue weighted by Gasteiger charge is 2.16. The molecule has 0 unspecified atom stereocenters. The maximum Gasteiger partial charge on any atom is 0.220 e. The molecule has 4 heteroatoms. The first-order valence-corrected chi connectivity index (χ1v) is 11.0. The highest BCUT2D eigenvalue weighted by atomic mass is 32.1. The largest absolute Gasteiger partial charge is 0.352 e. The highest BCUT2D eigenvalue weighted by molar-refractivity contribution is 7.13. The number of nitrogens with one attached hydrogen (secondary N) is 1. The first-order chi connectivity index (χ1) is 13.8. The summed E-state index contributed by atoms with van der Waals surface area (Å²) in [5.41, 5.74) is 4.40. The second-order valence-corrected chi connectivity index (χ2v) is 8.44. The van der Waals surface area contributed by atoms with Gasteiger partial charge < -0.3 is 5.32 Å². The van der Waals surface area contributed by atoms with E-state index in [1.165, 1.54) is 32.1 Å². The third kappa shape index (κ3) is 4.87. The lowest BCUT2D eigenvalue weighted by Gasteiger charge is -2.20. The van der Waals surface area contributed by atoms with Gasteiger partial charge in [0.1, 0.15) is 5.01 Å². The van der Waals surface area contributed by atoms with Gasteiger partial charge in [-0.1, -0.05) is 73.9 Å². The van der Waals surface area contributed by atoms with E-state index in [0.717, 1.165) is 27.4 Å². The summed E-state index contributed by atoms with van der Waals surface area (Å²) in [6.45, 7) is 0.596. The van der Waals surface area contributed by atoms with Crippen molar-refractivity contribution in [1.82, 2.24) is 10.3 Å². The number of carbonyl (C=O) groups is 1. The normalized spacial score (nSPS) is 14.7. The molecule has 4 rings (SSSR count). The number of rotatable bonds is 6. The van der Waals surface area contributed by atoms with Gasteiger partial charge in [0.2, 0.25) is 5.91 Å². The molecule has 0 saturated heterocycles. The molecule has 0 aliphatic heterocycles. The molecule has 1 aromatic heterocycles. The fraction of sp³-hybridized carbons (Fsp3) is 0.333. The molecule has 0 atom stereocenters. The summed E-state index contributed by atoms with van der Waals surface area (Å²) in [5, 5.41) is 6.20. The first-order valence-electron chi connectivity index (χ1n) is 10.1. The Morgan fingerprint density at radius 3 is 2.46 bits per heavy atom. The summed E-state index contributed by atoms with van der Waals surface area (Å²) in [5.74, 6) is 0.767. The Balaban J connectivity index is 1.32. The summed E-state index contributed by atoms with van der Waals surface area (Å²) in [6.07, 6.45) is 6.99. The van der Waals surface area contributed by atoms with Crippen molar-refractivity contribution < 1.29 is 4.79 Å². The number of nitrogens with zero attached hydrogens (tertiary/aromatic N) is 1. The third-order valence-corrected chi connectivity index (χ3v) is 6.35. The molecule has 1 aliphatic carbocycles. The molecule has 1 heterocycles. The zero-order valence-corrected chi connectivity index (χ0v) is 16.9. The van der Waals surface area contributed by atoms with Gasteiger partial charge in [-0.2, -0.15) is 0 Å². The lowest BCUT2D eigenvalue weighted by atomic mass is 9.87. The molecule has 3 nitrogen and oxygen atoms in total. The number of hydrogen-bond donors (Lipinski definition) is 1. The number of amides is 1. The predicted molar refractivity (Wildman–Crippen MR) is 116 cm³/mol.